The molecule has 0 heterocycles. The van der Waals surface area contributed by atoms with Crippen LogP contribution in [0.3, 0.4) is 0 Å². The predicted octanol–water partition coefficient (Wildman–Crippen LogP) is 5.60. The Hall–Kier alpha value is -1.76. The highest BCUT2D eigenvalue weighted by molar-refractivity contribution is 5.37. The van der Waals surface area contributed by atoms with Crippen LogP contribution in [0.2, 0.25) is 0 Å². The van der Waals surface area contributed by atoms with E-state index in [-0.39, 0.29) is 0 Å². The topological polar surface area (TPSA) is 9.23 Å². The Bertz CT molecular complexity index is 545. The highest BCUT2D eigenvalue weighted by atomic mass is 16.5. The molecule has 0 amide bonds. The summed E-state index contributed by atoms with van der Waals surface area (Å²) in [4.78, 5) is 0. The summed E-state index contributed by atoms with van der Waals surface area (Å²) in [6.07, 6.45) is 7.62. The molecule has 0 bridgehead atoms. The SMILES string of the molecule is CCCc1ccccc1.CCOc1ccc2c(c1)CCCC2. The van der Waals surface area contributed by atoms with Crippen LogP contribution in [0.4, 0.5) is 0 Å². The van der Waals surface area contributed by atoms with Crippen molar-refractivity contribution in [3.63, 3.8) is 0 Å². The third-order valence-electron chi connectivity index (χ3n) is 4.01. The average molecular weight is 296 g/mol. The minimum absolute atomic E-state index is 0.763. The number of aryl methyl sites for hydroxylation is 3. The predicted molar refractivity (Wildman–Crippen MR) is 94.7 cm³/mol. The fourth-order valence-electron chi connectivity index (χ4n) is 2.90. The summed E-state index contributed by atoms with van der Waals surface area (Å²) in [6.45, 7) is 4.99. The van der Waals surface area contributed by atoms with Gasteiger partial charge in [-0.3, -0.25) is 0 Å². The van der Waals surface area contributed by atoms with Crippen LogP contribution in [-0.4, -0.2) is 6.61 Å². The van der Waals surface area contributed by atoms with Crippen molar-refractivity contribution in [2.24, 2.45) is 0 Å². The minimum atomic E-state index is 0.763. The smallest absolute Gasteiger partial charge is 0.119 e. The molecule has 0 N–H and O–H groups in total. The maximum absolute atomic E-state index is 5.47. The van der Waals surface area contributed by atoms with Gasteiger partial charge in [-0.25, -0.2) is 0 Å². The van der Waals surface area contributed by atoms with E-state index in [4.69, 9.17) is 4.74 Å². The molecular formula is C21H28O. The van der Waals surface area contributed by atoms with Crippen LogP contribution in [-0.2, 0) is 19.3 Å². The number of benzene rings is 2. The Labute approximate surface area is 135 Å². The van der Waals surface area contributed by atoms with Crippen molar-refractivity contribution in [2.75, 3.05) is 6.61 Å². The molecule has 0 fully saturated rings. The lowest BCUT2D eigenvalue weighted by Crippen LogP contribution is -2.03. The van der Waals surface area contributed by atoms with Crippen LogP contribution in [0.25, 0.3) is 0 Å². The lowest BCUT2D eigenvalue weighted by Gasteiger charge is -2.16. The summed E-state index contributed by atoms with van der Waals surface area (Å²) in [7, 11) is 0. The van der Waals surface area contributed by atoms with Gasteiger partial charge in [0.1, 0.15) is 5.75 Å². The molecule has 3 rings (SSSR count). The summed E-state index contributed by atoms with van der Waals surface area (Å²) in [5, 5.41) is 0. The number of fused-ring (bicyclic) bond motifs is 1. The maximum Gasteiger partial charge on any atom is 0.119 e. The van der Waals surface area contributed by atoms with E-state index in [9.17, 15) is 0 Å². The molecular weight excluding hydrogens is 268 g/mol. The van der Waals surface area contributed by atoms with Crippen molar-refractivity contribution in [1.82, 2.24) is 0 Å². The molecule has 1 aliphatic carbocycles. The van der Waals surface area contributed by atoms with Gasteiger partial charge in [0, 0.05) is 0 Å². The molecule has 2 aromatic carbocycles. The second-order valence-electron chi connectivity index (χ2n) is 5.81. The van der Waals surface area contributed by atoms with Gasteiger partial charge in [-0.1, -0.05) is 49.7 Å². The zero-order chi connectivity index (χ0) is 15.6. The van der Waals surface area contributed by atoms with E-state index in [1.54, 1.807) is 0 Å². The van der Waals surface area contributed by atoms with Gasteiger partial charge in [0.05, 0.1) is 6.61 Å². The molecule has 0 aliphatic heterocycles. The molecule has 118 valence electrons. The van der Waals surface area contributed by atoms with Crippen LogP contribution in [0.5, 0.6) is 5.75 Å². The van der Waals surface area contributed by atoms with Gasteiger partial charge in [-0.15, -0.1) is 0 Å². The fourth-order valence-corrected chi connectivity index (χ4v) is 2.90. The van der Waals surface area contributed by atoms with Gasteiger partial charge >= 0.3 is 0 Å². The summed E-state index contributed by atoms with van der Waals surface area (Å²) < 4.78 is 5.47. The van der Waals surface area contributed by atoms with E-state index in [1.807, 2.05) is 6.92 Å². The van der Waals surface area contributed by atoms with Gasteiger partial charge in [0.25, 0.3) is 0 Å². The van der Waals surface area contributed by atoms with Gasteiger partial charge < -0.3 is 4.74 Å². The van der Waals surface area contributed by atoms with Crippen molar-refractivity contribution in [2.45, 2.75) is 52.4 Å². The molecule has 0 spiro atoms. The van der Waals surface area contributed by atoms with Crippen LogP contribution in [0.1, 0.15) is 49.8 Å². The first-order valence-electron chi connectivity index (χ1n) is 8.62. The average Bonchev–Trinajstić information content (AvgIpc) is 2.57. The summed E-state index contributed by atoms with van der Waals surface area (Å²) >= 11 is 0. The highest BCUT2D eigenvalue weighted by Gasteiger charge is 2.09. The number of ether oxygens (including phenoxy) is 1. The summed E-state index contributed by atoms with van der Waals surface area (Å²) in [5.41, 5.74) is 4.46. The highest BCUT2D eigenvalue weighted by Crippen LogP contribution is 2.25. The van der Waals surface area contributed by atoms with Crippen LogP contribution in [0.15, 0.2) is 48.5 Å². The van der Waals surface area contributed by atoms with E-state index < -0.39 is 0 Å². The summed E-state index contributed by atoms with van der Waals surface area (Å²) in [5.74, 6) is 1.03. The monoisotopic (exact) mass is 296 g/mol. The molecule has 2 aromatic rings. The Morgan fingerprint density at radius 2 is 1.59 bits per heavy atom. The fraction of sp³-hybridized carbons (Fsp3) is 0.429. The second kappa shape index (κ2) is 9.30. The first-order chi connectivity index (χ1) is 10.8. The Morgan fingerprint density at radius 3 is 2.27 bits per heavy atom. The molecule has 0 radical (unpaired) electrons. The lowest BCUT2D eigenvalue weighted by molar-refractivity contribution is 0.339. The molecule has 1 aliphatic rings. The molecule has 0 atom stereocenters. The standard InChI is InChI=1S/C12H16O.C9H12/c1-2-13-12-8-7-10-5-3-4-6-11(10)9-12;1-2-6-9-7-4-3-5-8-9/h7-9H,2-6H2,1H3;3-5,7-8H,2,6H2,1H3. The van der Waals surface area contributed by atoms with Crippen molar-refractivity contribution in [3.05, 3.63) is 65.2 Å². The van der Waals surface area contributed by atoms with Gasteiger partial charge in [-0.2, -0.15) is 0 Å². The van der Waals surface area contributed by atoms with E-state index in [0.29, 0.717) is 0 Å². The summed E-state index contributed by atoms with van der Waals surface area (Å²) in [6, 6.07) is 17.1. The molecule has 0 saturated heterocycles. The first-order valence-corrected chi connectivity index (χ1v) is 8.62. The van der Waals surface area contributed by atoms with E-state index in [2.05, 4.69) is 55.5 Å². The molecule has 0 saturated carbocycles. The molecule has 0 unspecified atom stereocenters. The van der Waals surface area contributed by atoms with E-state index >= 15 is 0 Å². The third kappa shape index (κ3) is 5.22. The van der Waals surface area contributed by atoms with Crippen LogP contribution in [0, 0.1) is 0 Å². The first kappa shape index (κ1) is 16.6. The van der Waals surface area contributed by atoms with Gasteiger partial charge in [0.2, 0.25) is 0 Å². The van der Waals surface area contributed by atoms with Crippen molar-refractivity contribution >= 4 is 0 Å². The Morgan fingerprint density at radius 1 is 0.864 bits per heavy atom. The maximum atomic E-state index is 5.47. The van der Waals surface area contributed by atoms with Crippen LogP contribution >= 0.6 is 0 Å². The third-order valence-corrected chi connectivity index (χ3v) is 4.01. The lowest BCUT2D eigenvalue weighted by atomic mass is 9.92. The number of rotatable bonds is 4. The van der Waals surface area contributed by atoms with Gasteiger partial charge in [0.15, 0.2) is 0 Å². The largest absolute Gasteiger partial charge is 0.494 e. The molecule has 1 nitrogen and oxygen atoms in total. The van der Waals surface area contributed by atoms with Crippen molar-refractivity contribution < 1.29 is 4.74 Å². The number of hydrogen-bond donors (Lipinski definition) is 0. The van der Waals surface area contributed by atoms with Crippen molar-refractivity contribution in [3.8, 4) is 5.75 Å². The zero-order valence-corrected chi connectivity index (χ0v) is 14.0. The Kier molecular flexibility index (Phi) is 7.02. The minimum Gasteiger partial charge on any atom is -0.494 e. The number of hydrogen-bond acceptors (Lipinski definition) is 1. The van der Waals surface area contributed by atoms with Crippen molar-refractivity contribution in [1.29, 1.82) is 0 Å². The quantitative estimate of drug-likeness (QED) is 0.713. The molecule has 0 aromatic heterocycles. The zero-order valence-electron chi connectivity index (χ0n) is 14.0. The molecule has 1 heteroatoms. The molecule has 22 heavy (non-hydrogen) atoms. The van der Waals surface area contributed by atoms with Crippen LogP contribution < -0.4 is 4.74 Å². The second-order valence-corrected chi connectivity index (χ2v) is 5.81. The normalized spacial score (nSPS) is 12.8. The van der Waals surface area contributed by atoms with E-state index in [1.165, 1.54) is 55.2 Å². The van der Waals surface area contributed by atoms with Gasteiger partial charge in [-0.05, 0) is 67.9 Å². The Balaban J connectivity index is 0.000000172. The van der Waals surface area contributed by atoms with E-state index in [0.717, 1.165) is 12.4 Å².